The molecular weight excluding hydrogens is 824 g/mol. The molecule has 0 heterocycles. The van der Waals surface area contributed by atoms with Crippen molar-refractivity contribution in [2.24, 2.45) is 38.9 Å². The van der Waals surface area contributed by atoms with E-state index in [1.807, 2.05) is 24.3 Å². The summed E-state index contributed by atoms with van der Waals surface area (Å²) in [5.74, 6) is 2.81. The molecule has 3 unspecified atom stereocenters. The van der Waals surface area contributed by atoms with Crippen LogP contribution in [0.5, 0.6) is 0 Å². The molecule has 0 amide bonds. The molecule has 3 atom stereocenters. The van der Waals surface area contributed by atoms with Gasteiger partial charge >= 0.3 is 28.4 Å². The van der Waals surface area contributed by atoms with Crippen molar-refractivity contribution in [3.8, 4) is 0 Å². The van der Waals surface area contributed by atoms with Crippen LogP contribution < -0.4 is 0 Å². The fourth-order valence-electron chi connectivity index (χ4n) is 10.6. The first-order valence-corrected chi connectivity index (χ1v) is 25.1. The molecule has 5 aliphatic rings. The molecule has 0 radical (unpaired) electrons. The first-order chi connectivity index (χ1) is 28.7. The Kier molecular flexibility index (Phi) is 16.3. The molecule has 0 aromatic heterocycles. The molecular formula is C61H82Zr-4. The van der Waals surface area contributed by atoms with Crippen molar-refractivity contribution in [3.63, 3.8) is 0 Å². The Labute approximate surface area is 397 Å². The van der Waals surface area contributed by atoms with Gasteiger partial charge < -0.3 is 0 Å². The van der Waals surface area contributed by atoms with Crippen molar-refractivity contribution in [2.75, 3.05) is 0 Å². The van der Waals surface area contributed by atoms with Gasteiger partial charge in [-0.1, -0.05) is 200 Å². The van der Waals surface area contributed by atoms with Crippen LogP contribution in [-0.4, -0.2) is 4.21 Å². The van der Waals surface area contributed by atoms with Gasteiger partial charge in [0.05, 0.1) is 0 Å². The molecule has 0 saturated heterocycles. The van der Waals surface area contributed by atoms with Gasteiger partial charge in [-0.25, -0.2) is 12.0 Å². The fourth-order valence-corrected chi connectivity index (χ4v) is 10.6. The Balaban J connectivity index is 0.000000210. The average molecular weight is 907 g/mol. The molecule has 62 heavy (non-hydrogen) atoms. The van der Waals surface area contributed by atoms with Gasteiger partial charge in [-0.3, -0.25) is 6.08 Å². The molecule has 1 heteroatoms. The Morgan fingerprint density at radius 3 is 1.68 bits per heavy atom. The van der Waals surface area contributed by atoms with E-state index in [0.717, 1.165) is 6.42 Å². The number of allylic oxidation sites excluding steroid dienone is 10. The van der Waals surface area contributed by atoms with E-state index in [1.165, 1.54) is 71.3 Å². The van der Waals surface area contributed by atoms with Crippen molar-refractivity contribution < 1.29 is 24.2 Å². The van der Waals surface area contributed by atoms with Crippen LogP contribution in [0.15, 0.2) is 119 Å². The van der Waals surface area contributed by atoms with Crippen molar-refractivity contribution in [1.82, 2.24) is 0 Å². The maximum atomic E-state index is 3.35. The minimum atomic E-state index is 0.164. The van der Waals surface area contributed by atoms with E-state index in [9.17, 15) is 0 Å². The summed E-state index contributed by atoms with van der Waals surface area (Å²) in [4.78, 5) is 0. The minimum absolute atomic E-state index is 0.164. The van der Waals surface area contributed by atoms with Gasteiger partial charge in [0, 0.05) is 0 Å². The number of hydrogen-bond donors (Lipinski definition) is 0. The van der Waals surface area contributed by atoms with Gasteiger partial charge in [0.25, 0.3) is 0 Å². The summed E-state index contributed by atoms with van der Waals surface area (Å²) in [6, 6.07) is 31.5. The third kappa shape index (κ3) is 10.1. The van der Waals surface area contributed by atoms with Gasteiger partial charge in [-0.15, -0.1) is 6.92 Å². The van der Waals surface area contributed by atoms with E-state index in [2.05, 4.69) is 220 Å². The third-order valence-corrected chi connectivity index (χ3v) is 16.1. The summed E-state index contributed by atoms with van der Waals surface area (Å²) >= 11 is 1.30. The Hall–Kier alpha value is -3.02. The van der Waals surface area contributed by atoms with Crippen molar-refractivity contribution in [3.05, 3.63) is 166 Å². The SMILES string of the molecule is CC(C)(C)c1cc[c-]cc1.CC(C)(C)c1cc[c-]cc1.CCC1[C-]=CC(C(C)(C)C)=C1.C[C-]1C2=C3Cc4ccccc4C3=C3C=CCCC3C2(C)C(C)(C)C(C)(C)C1(C)C.[CH2]=[Zr]. The number of benzene rings is 3. The summed E-state index contributed by atoms with van der Waals surface area (Å²) in [5.41, 5.74) is 15.3. The zero-order chi connectivity index (χ0) is 46.7. The standard InChI is InChI=1S/C29H37.C11H17.2C10H13.CH2.Zr/c1-18-25-22-17-19-13-9-10-14-20(19)24(22)21-15-11-12-16-23(21)29(25,8)28(6,7)27(4,5)26(18,2)3;1-5-9-6-7-10(8-9)11(2,3)4;2*1-10(2,3)9-7-5-4-6-8-9;;/h9-11,13-15,23H,12,16-17H2,1-8H3;7-9H,5H2,1-4H3;2*5-8H,1-3H3;1H2;/q4*-1;;. The molecule has 0 nitrogen and oxygen atoms in total. The van der Waals surface area contributed by atoms with Crippen LogP contribution in [0, 0.1) is 63.0 Å². The van der Waals surface area contributed by atoms with Gasteiger partial charge in [-0.05, 0) is 51.4 Å². The quantitative estimate of drug-likeness (QED) is 0.214. The van der Waals surface area contributed by atoms with E-state index in [1.54, 1.807) is 28.2 Å². The maximum absolute atomic E-state index is 3.35. The zero-order valence-corrected chi connectivity index (χ0v) is 44.9. The first-order valence-electron chi connectivity index (χ1n) is 23.4. The van der Waals surface area contributed by atoms with Gasteiger partial charge in [0.1, 0.15) is 0 Å². The number of fused-ring (bicyclic) bond motifs is 6. The molecule has 5 aliphatic carbocycles. The van der Waals surface area contributed by atoms with Crippen LogP contribution >= 0.6 is 0 Å². The molecule has 334 valence electrons. The van der Waals surface area contributed by atoms with E-state index in [4.69, 9.17) is 0 Å². The van der Waals surface area contributed by atoms with Crippen LogP contribution in [0.25, 0.3) is 5.57 Å². The van der Waals surface area contributed by atoms with Crippen LogP contribution in [0.4, 0.5) is 0 Å². The number of rotatable bonds is 1. The van der Waals surface area contributed by atoms with Crippen LogP contribution in [0.2, 0.25) is 0 Å². The molecule has 1 fully saturated rings. The Bertz CT molecular complexity index is 2070. The number of hydrogen-bond acceptors (Lipinski definition) is 0. The van der Waals surface area contributed by atoms with Crippen LogP contribution in [0.3, 0.4) is 0 Å². The predicted octanol–water partition coefficient (Wildman–Crippen LogP) is 16.9. The normalized spacial score (nSPS) is 23.6. The summed E-state index contributed by atoms with van der Waals surface area (Å²) in [5, 5.41) is 0. The van der Waals surface area contributed by atoms with Gasteiger partial charge in [-0.2, -0.15) is 94.6 Å². The zero-order valence-electron chi connectivity index (χ0n) is 42.4. The topological polar surface area (TPSA) is 0 Å². The van der Waals surface area contributed by atoms with E-state index in [0.29, 0.717) is 17.3 Å². The Morgan fingerprint density at radius 1 is 0.726 bits per heavy atom. The molecule has 0 spiro atoms. The van der Waals surface area contributed by atoms with E-state index in [-0.39, 0.29) is 32.5 Å². The first kappa shape index (κ1) is 51.6. The molecule has 8 rings (SSSR count). The second-order valence-electron chi connectivity index (χ2n) is 23.0. The molecule has 0 bridgehead atoms. The summed E-state index contributed by atoms with van der Waals surface area (Å²) in [6.07, 6.45) is 17.5. The summed E-state index contributed by atoms with van der Waals surface area (Å²) < 4.78 is 3.34. The van der Waals surface area contributed by atoms with Crippen LogP contribution in [-0.2, 0) is 41.5 Å². The van der Waals surface area contributed by atoms with Crippen molar-refractivity contribution in [2.45, 2.75) is 161 Å². The monoisotopic (exact) mass is 905 g/mol. The fraction of sp³-hybridized carbons (Fsp3) is 0.508. The van der Waals surface area contributed by atoms with E-state index >= 15 is 0 Å². The molecule has 1 saturated carbocycles. The van der Waals surface area contributed by atoms with Crippen molar-refractivity contribution in [1.29, 1.82) is 0 Å². The van der Waals surface area contributed by atoms with Crippen LogP contribution in [0.1, 0.15) is 166 Å². The molecule has 3 aromatic carbocycles. The average Bonchev–Trinajstić information content (AvgIpc) is 3.88. The second kappa shape index (κ2) is 19.6. The molecule has 0 aliphatic heterocycles. The predicted molar refractivity (Wildman–Crippen MR) is 269 cm³/mol. The van der Waals surface area contributed by atoms with Gasteiger partial charge in [0.2, 0.25) is 0 Å². The van der Waals surface area contributed by atoms with Crippen molar-refractivity contribution >= 4 is 9.78 Å². The Morgan fingerprint density at radius 2 is 1.24 bits per heavy atom. The van der Waals surface area contributed by atoms with E-state index < -0.39 is 0 Å². The molecule has 3 aromatic rings. The summed E-state index contributed by atoms with van der Waals surface area (Å²) in [7, 11) is 0. The summed E-state index contributed by atoms with van der Waals surface area (Å²) in [6.45, 7) is 42.5. The third-order valence-electron chi connectivity index (χ3n) is 16.1. The molecule has 0 N–H and O–H groups in total. The van der Waals surface area contributed by atoms with Gasteiger partial charge in [0.15, 0.2) is 0 Å². The second-order valence-corrected chi connectivity index (χ2v) is 23.0.